The van der Waals surface area contributed by atoms with Crippen LogP contribution in [0.15, 0.2) is 36.5 Å². The predicted octanol–water partition coefficient (Wildman–Crippen LogP) is 5.79. The van der Waals surface area contributed by atoms with Gasteiger partial charge in [0.05, 0.1) is 27.0 Å². The smallest absolute Gasteiger partial charge is 0.254 e. The summed E-state index contributed by atoms with van der Waals surface area (Å²) >= 11 is 3.24. The molecule has 0 aliphatic carbocycles. The molecule has 0 unspecified atom stereocenters. The van der Waals surface area contributed by atoms with E-state index in [1.165, 1.54) is 0 Å². The number of fused-ring (bicyclic) bond motifs is 1. The van der Waals surface area contributed by atoms with E-state index in [0.29, 0.717) is 5.56 Å². The molecule has 1 atom stereocenters. The average Bonchev–Trinajstić information content (AvgIpc) is 3.45. The van der Waals surface area contributed by atoms with Crippen molar-refractivity contribution in [3.8, 4) is 0 Å². The van der Waals surface area contributed by atoms with Crippen molar-refractivity contribution in [2.75, 3.05) is 11.9 Å². The van der Waals surface area contributed by atoms with Gasteiger partial charge < -0.3 is 10.2 Å². The third kappa shape index (κ3) is 4.05. The summed E-state index contributed by atoms with van der Waals surface area (Å²) in [5.41, 5.74) is 4.47. The molecule has 1 aliphatic heterocycles. The van der Waals surface area contributed by atoms with Crippen LogP contribution in [0, 0.1) is 20.8 Å². The number of carbonyl (C=O) groups excluding carboxylic acids is 1. The van der Waals surface area contributed by atoms with E-state index in [0.717, 1.165) is 61.7 Å². The summed E-state index contributed by atoms with van der Waals surface area (Å²) in [7, 11) is 0. The number of nitrogens with zero attached hydrogens (tertiary/aromatic N) is 4. The van der Waals surface area contributed by atoms with Crippen LogP contribution in [0.1, 0.15) is 50.5 Å². The second-order valence-electron chi connectivity index (χ2n) is 7.90. The number of carbonyl (C=O) groups is 1. The number of anilines is 2. The maximum atomic E-state index is 13.4. The summed E-state index contributed by atoms with van der Waals surface area (Å²) in [4.78, 5) is 30.2. The Hall–Kier alpha value is -2.84. The molecule has 4 aromatic rings. The van der Waals surface area contributed by atoms with E-state index < -0.39 is 0 Å². The molecule has 0 spiro atoms. The molecule has 158 valence electrons. The minimum Gasteiger partial charge on any atom is -0.331 e. The van der Waals surface area contributed by atoms with Crippen LogP contribution in [0.25, 0.3) is 10.2 Å². The maximum Gasteiger partial charge on any atom is 0.254 e. The van der Waals surface area contributed by atoms with E-state index in [9.17, 15) is 4.79 Å². The summed E-state index contributed by atoms with van der Waals surface area (Å²) in [5, 5.41) is 5.26. The number of thiazole rings is 2. The minimum atomic E-state index is -0.0233. The van der Waals surface area contributed by atoms with E-state index >= 15 is 0 Å². The number of aryl methyl sites for hydroxylation is 3. The second-order valence-corrected chi connectivity index (χ2v) is 10.4. The van der Waals surface area contributed by atoms with Gasteiger partial charge in [-0.1, -0.05) is 0 Å². The summed E-state index contributed by atoms with van der Waals surface area (Å²) < 4.78 is 1.05. The fraction of sp³-hybridized carbons (Fsp3) is 0.304. The maximum absolute atomic E-state index is 13.4. The third-order valence-corrected chi connectivity index (χ3v) is 7.20. The van der Waals surface area contributed by atoms with Gasteiger partial charge in [-0.2, -0.15) is 0 Å². The second kappa shape index (κ2) is 8.01. The van der Waals surface area contributed by atoms with Crippen LogP contribution in [-0.2, 0) is 0 Å². The standard InChI is InChI=1S/C23H23N5OS2/c1-13-9-17(27-23-24-12-14(2)30-23)11-19(25-13)20-5-4-8-28(20)22(29)16-6-7-18-21(10-16)31-15(3)26-18/h6-7,9-12,20H,4-5,8H2,1-3H3,(H,24,25,27)/t20-/m0/s1. The number of hydrogen-bond donors (Lipinski definition) is 1. The van der Waals surface area contributed by atoms with Gasteiger partial charge in [0.1, 0.15) is 0 Å². The van der Waals surface area contributed by atoms with Crippen LogP contribution < -0.4 is 5.32 Å². The normalized spacial score (nSPS) is 16.2. The Morgan fingerprint density at radius 1 is 1.13 bits per heavy atom. The van der Waals surface area contributed by atoms with Gasteiger partial charge in [0.2, 0.25) is 0 Å². The lowest BCUT2D eigenvalue weighted by Crippen LogP contribution is -2.31. The molecule has 1 saturated heterocycles. The molecular formula is C23H23N5OS2. The fourth-order valence-electron chi connectivity index (χ4n) is 4.13. The van der Waals surface area contributed by atoms with Crippen molar-refractivity contribution in [2.45, 2.75) is 39.7 Å². The summed E-state index contributed by atoms with van der Waals surface area (Å²) in [6, 6.07) is 9.85. The van der Waals surface area contributed by atoms with Crippen molar-refractivity contribution in [3.05, 3.63) is 63.4 Å². The zero-order chi connectivity index (χ0) is 21.5. The number of nitrogens with one attached hydrogen (secondary N) is 1. The first kappa shape index (κ1) is 20.1. The molecule has 0 bridgehead atoms. The first-order chi connectivity index (χ1) is 15.0. The van der Waals surface area contributed by atoms with Gasteiger partial charge in [0.25, 0.3) is 5.91 Å². The fourth-order valence-corrected chi connectivity index (χ4v) is 5.68. The highest BCUT2D eigenvalue weighted by molar-refractivity contribution is 7.18. The van der Waals surface area contributed by atoms with Crippen LogP contribution in [0.3, 0.4) is 0 Å². The predicted molar refractivity (Wildman–Crippen MR) is 126 cm³/mol. The quantitative estimate of drug-likeness (QED) is 0.427. The highest BCUT2D eigenvalue weighted by Gasteiger charge is 2.32. The minimum absolute atomic E-state index is 0.0233. The van der Waals surface area contributed by atoms with Crippen molar-refractivity contribution in [1.82, 2.24) is 19.9 Å². The van der Waals surface area contributed by atoms with E-state index in [1.54, 1.807) is 22.7 Å². The first-order valence-electron chi connectivity index (χ1n) is 10.3. The Balaban J connectivity index is 1.43. The molecule has 1 fully saturated rings. The molecule has 8 heteroatoms. The van der Waals surface area contributed by atoms with Crippen molar-refractivity contribution in [2.24, 2.45) is 0 Å². The lowest BCUT2D eigenvalue weighted by molar-refractivity contribution is 0.0733. The van der Waals surface area contributed by atoms with Gasteiger partial charge in [-0.15, -0.1) is 22.7 Å². The molecule has 5 rings (SSSR count). The van der Waals surface area contributed by atoms with E-state index in [2.05, 4.69) is 21.4 Å². The highest BCUT2D eigenvalue weighted by Crippen LogP contribution is 2.35. The van der Waals surface area contributed by atoms with Gasteiger partial charge in [0.15, 0.2) is 5.13 Å². The summed E-state index contributed by atoms with van der Waals surface area (Å²) in [5.74, 6) is 0.0591. The van der Waals surface area contributed by atoms with Crippen molar-refractivity contribution in [3.63, 3.8) is 0 Å². The number of aromatic nitrogens is 3. The van der Waals surface area contributed by atoms with Gasteiger partial charge in [-0.3, -0.25) is 9.78 Å². The Bertz CT molecular complexity index is 1280. The van der Waals surface area contributed by atoms with Gasteiger partial charge >= 0.3 is 0 Å². The van der Waals surface area contributed by atoms with Crippen LogP contribution >= 0.6 is 22.7 Å². The Kier molecular flexibility index (Phi) is 5.19. The van der Waals surface area contributed by atoms with E-state index in [4.69, 9.17) is 4.98 Å². The van der Waals surface area contributed by atoms with Crippen molar-refractivity contribution in [1.29, 1.82) is 0 Å². The van der Waals surface area contributed by atoms with Gasteiger partial charge in [0, 0.05) is 34.6 Å². The SMILES string of the molecule is Cc1cc(Nc2ncc(C)s2)cc([C@@H]2CCCN2C(=O)c2ccc3nc(C)sc3c2)n1. The monoisotopic (exact) mass is 449 g/mol. The van der Waals surface area contributed by atoms with Crippen LogP contribution in [0.5, 0.6) is 0 Å². The van der Waals surface area contributed by atoms with Crippen molar-refractivity contribution < 1.29 is 4.79 Å². The third-order valence-electron chi connectivity index (χ3n) is 5.44. The van der Waals surface area contributed by atoms with Gasteiger partial charge in [-0.25, -0.2) is 9.97 Å². The largest absolute Gasteiger partial charge is 0.331 e. The number of benzene rings is 1. The van der Waals surface area contributed by atoms with Crippen LogP contribution in [-0.4, -0.2) is 32.3 Å². The Morgan fingerprint density at radius 3 is 2.81 bits per heavy atom. The zero-order valence-electron chi connectivity index (χ0n) is 17.7. The van der Waals surface area contributed by atoms with Gasteiger partial charge in [-0.05, 0) is 63.9 Å². The number of amides is 1. The zero-order valence-corrected chi connectivity index (χ0v) is 19.3. The van der Waals surface area contributed by atoms with Crippen molar-refractivity contribution >= 4 is 49.6 Å². The number of hydrogen-bond acceptors (Lipinski definition) is 7. The lowest BCUT2D eigenvalue weighted by Gasteiger charge is -2.25. The highest BCUT2D eigenvalue weighted by atomic mass is 32.1. The van der Waals surface area contributed by atoms with E-state index in [1.807, 2.05) is 56.1 Å². The molecule has 31 heavy (non-hydrogen) atoms. The Labute approximate surface area is 189 Å². The molecule has 4 heterocycles. The molecule has 1 aromatic carbocycles. The Morgan fingerprint density at radius 2 is 2.00 bits per heavy atom. The van der Waals surface area contributed by atoms with E-state index in [-0.39, 0.29) is 11.9 Å². The molecule has 3 aromatic heterocycles. The lowest BCUT2D eigenvalue weighted by atomic mass is 10.1. The molecule has 1 amide bonds. The number of rotatable bonds is 4. The topological polar surface area (TPSA) is 71.0 Å². The molecule has 0 saturated carbocycles. The summed E-state index contributed by atoms with van der Waals surface area (Å²) in [6.45, 7) is 6.76. The molecule has 1 aliphatic rings. The number of likely N-dealkylation sites (tertiary alicyclic amines) is 1. The molecular weight excluding hydrogens is 426 g/mol. The first-order valence-corrected chi connectivity index (χ1v) is 12.0. The number of pyridine rings is 1. The van der Waals surface area contributed by atoms with Crippen LogP contribution in [0.2, 0.25) is 0 Å². The average molecular weight is 450 g/mol. The van der Waals surface area contributed by atoms with Crippen LogP contribution in [0.4, 0.5) is 10.8 Å². The molecule has 0 radical (unpaired) electrons. The molecule has 6 nitrogen and oxygen atoms in total. The molecule has 1 N–H and O–H groups in total. The summed E-state index contributed by atoms with van der Waals surface area (Å²) in [6.07, 6.45) is 3.75.